The Morgan fingerprint density at radius 2 is 1.55 bits per heavy atom. The van der Waals surface area contributed by atoms with Crippen LogP contribution in [-0.4, -0.2) is 19.2 Å². The van der Waals surface area contributed by atoms with Crippen LogP contribution in [-0.2, 0) is 0 Å². The van der Waals surface area contributed by atoms with Crippen LogP contribution in [0.1, 0.15) is 0 Å². The summed E-state index contributed by atoms with van der Waals surface area (Å²) >= 11 is 0. The second-order valence-corrected chi connectivity index (χ2v) is 6.52. The van der Waals surface area contributed by atoms with Gasteiger partial charge >= 0.3 is 0 Å². The van der Waals surface area contributed by atoms with Gasteiger partial charge in [-0.3, -0.25) is 4.40 Å². The van der Waals surface area contributed by atoms with E-state index in [0.717, 1.165) is 17.3 Å². The number of benzene rings is 2. The highest BCUT2D eigenvalue weighted by Gasteiger charge is 2.14. The maximum absolute atomic E-state index is 14.3. The Bertz CT molecular complexity index is 1340. The van der Waals surface area contributed by atoms with Crippen LogP contribution in [0.3, 0.4) is 0 Å². The molecule has 5 rings (SSSR count). The summed E-state index contributed by atoms with van der Waals surface area (Å²) < 4.78 is 44.3. The lowest BCUT2D eigenvalue weighted by Gasteiger charge is -2.09. The summed E-state index contributed by atoms with van der Waals surface area (Å²) in [5.41, 5.74) is 3.68. The van der Waals surface area contributed by atoms with Crippen molar-refractivity contribution in [2.24, 2.45) is 0 Å². The zero-order chi connectivity index (χ0) is 20.0. The summed E-state index contributed by atoms with van der Waals surface area (Å²) in [6.07, 6.45) is 5.02. The number of pyridine rings is 1. The summed E-state index contributed by atoms with van der Waals surface area (Å²) in [6.45, 7) is 0. The summed E-state index contributed by atoms with van der Waals surface area (Å²) in [5.74, 6) is -1.62. The minimum absolute atomic E-state index is 0.253. The zero-order valence-corrected chi connectivity index (χ0v) is 14.9. The molecule has 0 spiro atoms. The lowest BCUT2D eigenvalue weighted by molar-refractivity contribution is 0.585. The Morgan fingerprint density at radius 3 is 2.34 bits per heavy atom. The number of halogens is 3. The molecule has 2 aromatic carbocycles. The Morgan fingerprint density at radius 1 is 0.759 bits per heavy atom. The minimum atomic E-state index is -0.659. The van der Waals surface area contributed by atoms with Gasteiger partial charge in [0, 0.05) is 23.4 Å². The van der Waals surface area contributed by atoms with E-state index in [0.29, 0.717) is 17.0 Å². The third-order valence-electron chi connectivity index (χ3n) is 4.72. The minimum Gasteiger partial charge on any atom is -0.299 e. The van der Waals surface area contributed by atoms with E-state index < -0.39 is 11.6 Å². The van der Waals surface area contributed by atoms with Crippen molar-refractivity contribution in [2.75, 3.05) is 0 Å². The maximum Gasteiger partial charge on any atom is 0.137 e. The van der Waals surface area contributed by atoms with Crippen LogP contribution in [0.4, 0.5) is 13.2 Å². The highest BCUT2D eigenvalue weighted by molar-refractivity contribution is 5.69. The van der Waals surface area contributed by atoms with Crippen LogP contribution in [0.25, 0.3) is 33.8 Å². The lowest BCUT2D eigenvalue weighted by atomic mass is 10.1. The molecule has 0 atom stereocenters. The molecular weight excluding hydrogens is 377 g/mol. The van der Waals surface area contributed by atoms with Gasteiger partial charge in [0.05, 0.1) is 29.5 Å². The van der Waals surface area contributed by atoms with Gasteiger partial charge in [-0.25, -0.2) is 22.8 Å². The Balaban J connectivity index is 1.65. The first kappa shape index (κ1) is 17.2. The van der Waals surface area contributed by atoms with E-state index >= 15 is 0 Å². The smallest absolute Gasteiger partial charge is 0.137 e. The molecule has 0 aliphatic rings. The predicted octanol–water partition coefficient (Wildman–Crippen LogP) is 5.27. The van der Waals surface area contributed by atoms with Gasteiger partial charge in [0.15, 0.2) is 0 Å². The highest BCUT2D eigenvalue weighted by Crippen LogP contribution is 2.28. The van der Waals surface area contributed by atoms with Gasteiger partial charge in [0.2, 0.25) is 0 Å². The molecule has 7 heteroatoms. The van der Waals surface area contributed by atoms with Gasteiger partial charge in [-0.1, -0.05) is 0 Å². The molecule has 0 N–H and O–H groups in total. The van der Waals surface area contributed by atoms with Gasteiger partial charge in [-0.05, 0) is 54.6 Å². The molecule has 142 valence electrons. The molecule has 0 bridgehead atoms. The Hall–Kier alpha value is -3.87. The summed E-state index contributed by atoms with van der Waals surface area (Å²) in [5, 5.41) is 4.33. The Kier molecular flexibility index (Phi) is 3.94. The summed E-state index contributed by atoms with van der Waals surface area (Å²) in [7, 11) is 0. The van der Waals surface area contributed by atoms with Gasteiger partial charge in [0.1, 0.15) is 23.1 Å². The first-order valence-corrected chi connectivity index (χ1v) is 8.83. The van der Waals surface area contributed by atoms with Crippen molar-refractivity contribution in [2.45, 2.75) is 0 Å². The Labute approximate surface area is 163 Å². The van der Waals surface area contributed by atoms with E-state index in [1.54, 1.807) is 33.6 Å². The molecule has 0 saturated carbocycles. The molecule has 4 nitrogen and oxygen atoms in total. The molecular formula is C22H13F3N4. The molecule has 3 aromatic heterocycles. The van der Waals surface area contributed by atoms with E-state index in [1.807, 2.05) is 24.4 Å². The second-order valence-electron chi connectivity index (χ2n) is 6.52. The molecule has 0 aliphatic carbocycles. The van der Waals surface area contributed by atoms with Crippen LogP contribution >= 0.6 is 0 Å². The van der Waals surface area contributed by atoms with Crippen molar-refractivity contribution < 1.29 is 13.2 Å². The molecule has 0 unspecified atom stereocenters. The largest absolute Gasteiger partial charge is 0.299 e. The third kappa shape index (κ3) is 2.97. The van der Waals surface area contributed by atoms with Crippen LogP contribution in [0.2, 0.25) is 0 Å². The molecule has 0 aliphatic heterocycles. The van der Waals surface area contributed by atoms with E-state index in [9.17, 15) is 13.2 Å². The van der Waals surface area contributed by atoms with Crippen molar-refractivity contribution in [1.29, 1.82) is 0 Å². The predicted molar refractivity (Wildman–Crippen MR) is 103 cm³/mol. The first-order chi connectivity index (χ1) is 14.1. The number of hydrogen-bond donors (Lipinski definition) is 0. The average Bonchev–Trinajstić information content (AvgIpc) is 3.35. The number of imidazole rings is 1. The normalized spacial score (nSPS) is 11.3. The van der Waals surface area contributed by atoms with Crippen LogP contribution in [0, 0.1) is 17.5 Å². The fourth-order valence-corrected chi connectivity index (χ4v) is 3.34. The van der Waals surface area contributed by atoms with Crippen molar-refractivity contribution in [3.8, 4) is 28.2 Å². The lowest BCUT2D eigenvalue weighted by Crippen LogP contribution is -2.00. The van der Waals surface area contributed by atoms with Gasteiger partial charge in [0.25, 0.3) is 0 Å². The summed E-state index contributed by atoms with van der Waals surface area (Å²) in [4.78, 5) is 4.31. The zero-order valence-electron chi connectivity index (χ0n) is 14.9. The van der Waals surface area contributed by atoms with Crippen LogP contribution in [0.15, 0.2) is 79.3 Å². The van der Waals surface area contributed by atoms with Crippen LogP contribution < -0.4 is 0 Å². The van der Waals surface area contributed by atoms with Gasteiger partial charge in [-0.2, -0.15) is 5.10 Å². The molecule has 0 radical (unpaired) electrons. The number of rotatable bonds is 3. The van der Waals surface area contributed by atoms with Gasteiger partial charge in [-0.15, -0.1) is 0 Å². The second kappa shape index (κ2) is 6.63. The fraction of sp³-hybridized carbons (Fsp3) is 0. The first-order valence-electron chi connectivity index (χ1n) is 8.83. The highest BCUT2D eigenvalue weighted by atomic mass is 19.1. The van der Waals surface area contributed by atoms with Crippen molar-refractivity contribution in [3.63, 3.8) is 0 Å². The van der Waals surface area contributed by atoms with Crippen LogP contribution in [0.5, 0.6) is 0 Å². The number of nitrogens with zero attached hydrogens (tertiary/aromatic N) is 4. The molecule has 0 saturated heterocycles. The number of fused-ring (bicyclic) bond motifs is 1. The van der Waals surface area contributed by atoms with E-state index in [2.05, 4.69) is 10.1 Å². The van der Waals surface area contributed by atoms with Crippen molar-refractivity contribution >= 4 is 5.65 Å². The SMILES string of the molecule is Fc1ccc(-n2nccc2-c2ccc3ncc(-c4ccc(F)cc4F)n3c2)cc1. The van der Waals surface area contributed by atoms with E-state index in [-0.39, 0.29) is 11.4 Å². The number of hydrogen-bond acceptors (Lipinski definition) is 2. The van der Waals surface area contributed by atoms with E-state index in [4.69, 9.17) is 0 Å². The van der Waals surface area contributed by atoms with E-state index in [1.165, 1.54) is 24.3 Å². The third-order valence-corrected chi connectivity index (χ3v) is 4.72. The monoisotopic (exact) mass is 390 g/mol. The number of aromatic nitrogens is 4. The fourth-order valence-electron chi connectivity index (χ4n) is 3.34. The molecule has 29 heavy (non-hydrogen) atoms. The van der Waals surface area contributed by atoms with Crippen molar-refractivity contribution in [1.82, 2.24) is 19.2 Å². The molecule has 0 amide bonds. The molecule has 5 aromatic rings. The topological polar surface area (TPSA) is 35.1 Å². The standard InChI is InChI=1S/C22H13F3N4/c23-15-2-5-17(6-3-15)29-20(9-10-27-29)14-1-8-22-26-12-21(28(22)13-14)18-7-4-16(24)11-19(18)25/h1-13H. The van der Waals surface area contributed by atoms with Crippen molar-refractivity contribution in [3.05, 3.63) is 96.7 Å². The average molecular weight is 390 g/mol. The maximum atomic E-state index is 14.3. The van der Waals surface area contributed by atoms with Gasteiger partial charge < -0.3 is 0 Å². The summed E-state index contributed by atoms with van der Waals surface area (Å²) in [6, 6.07) is 15.0. The molecule has 3 heterocycles. The quantitative estimate of drug-likeness (QED) is 0.421. The molecule has 0 fully saturated rings.